The first-order chi connectivity index (χ1) is 8.69. The number of hydrogen-bond donors (Lipinski definition) is 1. The number of rotatable bonds is 7. The van der Waals surface area contributed by atoms with Gasteiger partial charge in [0.05, 0.1) is 5.92 Å². The van der Waals surface area contributed by atoms with E-state index in [-0.39, 0.29) is 17.6 Å². The molecule has 1 unspecified atom stereocenters. The summed E-state index contributed by atoms with van der Waals surface area (Å²) in [4.78, 5) is 12.0. The highest BCUT2D eigenvalue weighted by Crippen LogP contribution is 2.19. The lowest BCUT2D eigenvalue weighted by molar-refractivity contribution is -0.122. The number of hydrogen-bond acceptors (Lipinski definition) is 2. The van der Waals surface area contributed by atoms with Gasteiger partial charge in [0.15, 0.2) is 0 Å². The lowest BCUT2D eigenvalue weighted by atomic mass is 9.95. The summed E-state index contributed by atoms with van der Waals surface area (Å²) in [5.41, 5.74) is 0.850. The van der Waals surface area contributed by atoms with Crippen LogP contribution in [0.1, 0.15) is 31.2 Å². The molecule has 4 heteroatoms. The van der Waals surface area contributed by atoms with Crippen molar-refractivity contribution in [2.75, 3.05) is 20.3 Å². The van der Waals surface area contributed by atoms with Crippen LogP contribution in [-0.4, -0.2) is 26.2 Å². The van der Waals surface area contributed by atoms with E-state index in [0.29, 0.717) is 19.6 Å². The molecule has 0 aliphatic heterocycles. The van der Waals surface area contributed by atoms with Crippen LogP contribution in [-0.2, 0) is 9.53 Å². The monoisotopic (exact) mass is 253 g/mol. The Morgan fingerprint density at radius 1 is 1.39 bits per heavy atom. The quantitative estimate of drug-likeness (QED) is 0.758. The molecule has 0 aliphatic carbocycles. The second kappa shape index (κ2) is 7.82. The molecule has 0 heterocycles. The number of ether oxygens (including phenoxy) is 1. The Morgan fingerprint density at radius 3 is 2.61 bits per heavy atom. The molecule has 0 saturated heterocycles. The van der Waals surface area contributed by atoms with Crippen LogP contribution >= 0.6 is 0 Å². The highest BCUT2D eigenvalue weighted by molar-refractivity contribution is 5.83. The average Bonchev–Trinajstić information content (AvgIpc) is 2.38. The van der Waals surface area contributed by atoms with Crippen molar-refractivity contribution >= 4 is 5.91 Å². The number of methoxy groups -OCH3 is 1. The Balaban J connectivity index is 2.54. The molecule has 1 amide bonds. The van der Waals surface area contributed by atoms with Gasteiger partial charge in [-0.15, -0.1) is 0 Å². The van der Waals surface area contributed by atoms with Gasteiger partial charge in [0.1, 0.15) is 5.82 Å². The summed E-state index contributed by atoms with van der Waals surface area (Å²) in [5, 5.41) is 2.87. The SMILES string of the molecule is CCC(C(=O)NCCCOC)c1ccc(F)cc1. The van der Waals surface area contributed by atoms with E-state index in [1.165, 1.54) is 12.1 Å². The van der Waals surface area contributed by atoms with Crippen molar-refractivity contribution in [3.63, 3.8) is 0 Å². The zero-order chi connectivity index (χ0) is 13.4. The Hall–Kier alpha value is -1.42. The molecule has 1 aromatic carbocycles. The van der Waals surface area contributed by atoms with Crippen LogP contribution in [0.3, 0.4) is 0 Å². The van der Waals surface area contributed by atoms with Gasteiger partial charge < -0.3 is 10.1 Å². The Kier molecular flexibility index (Phi) is 6.36. The fourth-order valence-corrected chi connectivity index (χ4v) is 1.82. The maximum Gasteiger partial charge on any atom is 0.227 e. The van der Waals surface area contributed by atoms with Crippen molar-refractivity contribution in [2.24, 2.45) is 0 Å². The zero-order valence-electron chi connectivity index (χ0n) is 10.9. The second-order valence-electron chi connectivity index (χ2n) is 4.15. The van der Waals surface area contributed by atoms with Gasteiger partial charge in [-0.3, -0.25) is 4.79 Å². The summed E-state index contributed by atoms with van der Waals surface area (Å²) in [6, 6.07) is 6.10. The van der Waals surface area contributed by atoms with Crippen molar-refractivity contribution in [3.8, 4) is 0 Å². The molecule has 0 aromatic heterocycles. The topological polar surface area (TPSA) is 38.3 Å². The largest absolute Gasteiger partial charge is 0.385 e. The Bertz CT molecular complexity index is 365. The van der Waals surface area contributed by atoms with Crippen LogP contribution in [0.5, 0.6) is 0 Å². The average molecular weight is 253 g/mol. The number of carbonyl (C=O) groups is 1. The summed E-state index contributed by atoms with van der Waals surface area (Å²) in [6.45, 7) is 3.18. The molecule has 3 nitrogen and oxygen atoms in total. The molecule has 0 bridgehead atoms. The van der Waals surface area contributed by atoms with Crippen molar-refractivity contribution in [2.45, 2.75) is 25.7 Å². The van der Waals surface area contributed by atoms with E-state index < -0.39 is 0 Å². The molecule has 0 saturated carbocycles. The van der Waals surface area contributed by atoms with Crippen LogP contribution < -0.4 is 5.32 Å². The van der Waals surface area contributed by atoms with Gasteiger partial charge in [0.25, 0.3) is 0 Å². The minimum absolute atomic E-state index is 0.0137. The van der Waals surface area contributed by atoms with Crippen LogP contribution in [0.2, 0.25) is 0 Å². The minimum atomic E-state index is -0.283. The van der Waals surface area contributed by atoms with Crippen LogP contribution in [0.25, 0.3) is 0 Å². The molecule has 0 fully saturated rings. The first kappa shape index (κ1) is 14.6. The fourth-order valence-electron chi connectivity index (χ4n) is 1.82. The van der Waals surface area contributed by atoms with Gasteiger partial charge in [0.2, 0.25) is 5.91 Å². The van der Waals surface area contributed by atoms with Crippen molar-refractivity contribution < 1.29 is 13.9 Å². The summed E-state index contributed by atoms with van der Waals surface area (Å²) >= 11 is 0. The van der Waals surface area contributed by atoms with Crippen LogP contribution in [0.15, 0.2) is 24.3 Å². The standard InChI is InChI=1S/C14H20FNO2/c1-3-13(11-5-7-12(15)8-6-11)14(17)16-9-4-10-18-2/h5-8,13H,3-4,9-10H2,1-2H3,(H,16,17). The fraction of sp³-hybridized carbons (Fsp3) is 0.500. The zero-order valence-corrected chi connectivity index (χ0v) is 10.9. The Morgan fingerprint density at radius 2 is 2.06 bits per heavy atom. The molecule has 1 aromatic rings. The summed E-state index contributed by atoms with van der Waals surface area (Å²) < 4.78 is 17.7. The first-order valence-corrected chi connectivity index (χ1v) is 6.21. The first-order valence-electron chi connectivity index (χ1n) is 6.21. The molecule has 0 aliphatic rings. The molecule has 0 radical (unpaired) electrons. The third kappa shape index (κ3) is 4.45. The third-order valence-electron chi connectivity index (χ3n) is 2.82. The van der Waals surface area contributed by atoms with E-state index in [4.69, 9.17) is 4.74 Å². The third-order valence-corrected chi connectivity index (χ3v) is 2.82. The number of amides is 1. The van der Waals surface area contributed by atoms with Crippen molar-refractivity contribution in [3.05, 3.63) is 35.6 Å². The minimum Gasteiger partial charge on any atom is -0.385 e. The van der Waals surface area contributed by atoms with Crippen LogP contribution in [0, 0.1) is 5.82 Å². The van der Waals surface area contributed by atoms with Gasteiger partial charge in [-0.05, 0) is 30.5 Å². The van der Waals surface area contributed by atoms with Gasteiger partial charge in [0, 0.05) is 20.3 Å². The van der Waals surface area contributed by atoms with Crippen molar-refractivity contribution in [1.82, 2.24) is 5.32 Å². The predicted octanol–water partition coefficient (Wildman–Crippen LogP) is 2.47. The molecule has 1 atom stereocenters. The smallest absolute Gasteiger partial charge is 0.227 e. The van der Waals surface area contributed by atoms with Gasteiger partial charge in [-0.2, -0.15) is 0 Å². The van der Waals surface area contributed by atoms with Gasteiger partial charge in [-0.1, -0.05) is 19.1 Å². The molecule has 100 valence electrons. The molecule has 18 heavy (non-hydrogen) atoms. The second-order valence-corrected chi connectivity index (χ2v) is 4.15. The molecular formula is C14H20FNO2. The van der Waals surface area contributed by atoms with Crippen molar-refractivity contribution in [1.29, 1.82) is 0 Å². The van der Waals surface area contributed by atoms with E-state index in [1.54, 1.807) is 19.2 Å². The Labute approximate surface area is 107 Å². The van der Waals surface area contributed by atoms with E-state index in [1.807, 2.05) is 6.92 Å². The molecule has 1 N–H and O–H groups in total. The number of halogens is 1. The summed E-state index contributed by atoms with van der Waals surface area (Å²) in [6.07, 6.45) is 1.49. The van der Waals surface area contributed by atoms with E-state index in [2.05, 4.69) is 5.32 Å². The number of nitrogens with one attached hydrogen (secondary N) is 1. The normalized spacial score (nSPS) is 12.2. The molecule has 1 rings (SSSR count). The maximum absolute atomic E-state index is 12.8. The van der Waals surface area contributed by atoms with E-state index in [9.17, 15) is 9.18 Å². The van der Waals surface area contributed by atoms with E-state index in [0.717, 1.165) is 12.0 Å². The lowest BCUT2D eigenvalue weighted by Crippen LogP contribution is -2.30. The summed E-state index contributed by atoms with van der Waals surface area (Å²) in [5.74, 6) is -0.512. The molecule has 0 spiro atoms. The lowest BCUT2D eigenvalue weighted by Gasteiger charge is -2.15. The highest BCUT2D eigenvalue weighted by Gasteiger charge is 2.17. The van der Waals surface area contributed by atoms with E-state index >= 15 is 0 Å². The molecular weight excluding hydrogens is 233 g/mol. The van der Waals surface area contributed by atoms with Gasteiger partial charge >= 0.3 is 0 Å². The van der Waals surface area contributed by atoms with Gasteiger partial charge in [-0.25, -0.2) is 4.39 Å². The number of carbonyl (C=O) groups excluding carboxylic acids is 1. The number of benzene rings is 1. The maximum atomic E-state index is 12.8. The van der Waals surface area contributed by atoms with Crippen LogP contribution in [0.4, 0.5) is 4.39 Å². The predicted molar refractivity (Wildman–Crippen MR) is 68.9 cm³/mol. The summed E-state index contributed by atoms with van der Waals surface area (Å²) in [7, 11) is 1.63. The highest BCUT2D eigenvalue weighted by atomic mass is 19.1.